The van der Waals surface area contributed by atoms with Gasteiger partial charge >= 0.3 is 0 Å². The van der Waals surface area contributed by atoms with Gasteiger partial charge in [-0.3, -0.25) is 4.40 Å². The minimum atomic E-state index is 0.204. The van der Waals surface area contributed by atoms with Crippen molar-refractivity contribution in [3.63, 3.8) is 0 Å². The Kier molecular flexibility index (Phi) is 2.43. The summed E-state index contributed by atoms with van der Waals surface area (Å²) in [6.45, 7) is 3.01. The van der Waals surface area contributed by atoms with E-state index < -0.39 is 0 Å². The van der Waals surface area contributed by atoms with Crippen LogP contribution in [-0.4, -0.2) is 43.2 Å². The molecule has 1 saturated heterocycles. The molecule has 2 atom stereocenters. The lowest BCUT2D eigenvalue weighted by atomic mass is 10.1. The number of nitrogens with zero attached hydrogens (tertiary/aromatic N) is 5. The number of nitrogens with one attached hydrogen (secondary N) is 1. The number of aromatic amines is 1. The molecule has 0 radical (unpaired) electrons. The van der Waals surface area contributed by atoms with Crippen LogP contribution in [0.4, 0.5) is 5.95 Å². The highest BCUT2D eigenvalue weighted by Crippen LogP contribution is 2.27. The van der Waals surface area contributed by atoms with Crippen molar-refractivity contribution in [2.45, 2.75) is 31.8 Å². The fourth-order valence-corrected chi connectivity index (χ4v) is 3.13. The summed E-state index contributed by atoms with van der Waals surface area (Å²) < 4.78 is 2.06. The zero-order valence-electron chi connectivity index (χ0n) is 11.3. The Morgan fingerprint density at radius 2 is 2.35 bits per heavy atom. The molecule has 3 N–H and O–H groups in total. The number of fused-ring (bicyclic) bond motifs is 3. The van der Waals surface area contributed by atoms with Crippen LogP contribution in [0, 0.1) is 0 Å². The first-order valence-electron chi connectivity index (χ1n) is 6.97. The standard InChI is InChI=1S/C13H17N7/c1-2-9-5-8(14)7-19(9)13-18-17-11-6-16-12-10(20(11)13)3-4-15-12/h3-4,6,8-9,15H,2,5,7,14H2,1H3/t8-,9+/m0/s1. The molecule has 3 aromatic rings. The third-order valence-electron chi connectivity index (χ3n) is 4.10. The molecule has 104 valence electrons. The van der Waals surface area contributed by atoms with E-state index >= 15 is 0 Å². The van der Waals surface area contributed by atoms with Gasteiger partial charge in [-0.15, -0.1) is 10.2 Å². The Labute approximate surface area is 115 Å². The summed E-state index contributed by atoms with van der Waals surface area (Å²) in [5.74, 6) is 0.867. The summed E-state index contributed by atoms with van der Waals surface area (Å²) in [5, 5.41) is 8.61. The molecule has 7 heteroatoms. The molecular formula is C13H17N7. The van der Waals surface area contributed by atoms with Crippen LogP contribution in [0.3, 0.4) is 0 Å². The van der Waals surface area contributed by atoms with Gasteiger partial charge in [-0.1, -0.05) is 6.92 Å². The number of rotatable bonds is 2. The van der Waals surface area contributed by atoms with E-state index in [0.29, 0.717) is 6.04 Å². The Hall–Kier alpha value is -2.15. The number of H-pyrrole nitrogens is 1. The maximum absolute atomic E-state index is 6.12. The second kappa shape index (κ2) is 4.17. The number of nitrogens with two attached hydrogens (primary N) is 1. The molecule has 20 heavy (non-hydrogen) atoms. The predicted octanol–water partition coefficient (Wildman–Crippen LogP) is 0.922. The van der Waals surface area contributed by atoms with E-state index in [9.17, 15) is 0 Å². The van der Waals surface area contributed by atoms with E-state index in [0.717, 1.165) is 42.1 Å². The summed E-state index contributed by atoms with van der Waals surface area (Å²) in [5.41, 5.74) is 8.72. The van der Waals surface area contributed by atoms with Gasteiger partial charge in [0, 0.05) is 24.8 Å². The Morgan fingerprint density at radius 1 is 1.45 bits per heavy atom. The molecule has 0 amide bonds. The summed E-state index contributed by atoms with van der Waals surface area (Å²) in [6.07, 6.45) is 5.69. The van der Waals surface area contributed by atoms with E-state index in [1.807, 2.05) is 12.3 Å². The average molecular weight is 271 g/mol. The minimum Gasteiger partial charge on any atom is -0.345 e. The van der Waals surface area contributed by atoms with Crippen molar-refractivity contribution >= 4 is 22.8 Å². The van der Waals surface area contributed by atoms with Gasteiger partial charge in [0.25, 0.3) is 0 Å². The molecule has 4 rings (SSSR count). The van der Waals surface area contributed by atoms with Crippen molar-refractivity contribution in [1.82, 2.24) is 24.6 Å². The third-order valence-corrected chi connectivity index (χ3v) is 4.10. The predicted molar refractivity (Wildman–Crippen MR) is 76.7 cm³/mol. The van der Waals surface area contributed by atoms with Gasteiger partial charge in [0.15, 0.2) is 11.3 Å². The molecular weight excluding hydrogens is 254 g/mol. The topological polar surface area (TPSA) is 88.1 Å². The average Bonchev–Trinajstić information content (AvgIpc) is 3.13. The van der Waals surface area contributed by atoms with Crippen molar-refractivity contribution in [1.29, 1.82) is 0 Å². The summed E-state index contributed by atoms with van der Waals surface area (Å²) in [7, 11) is 0. The fraction of sp³-hybridized carbons (Fsp3) is 0.462. The van der Waals surface area contributed by atoms with Crippen molar-refractivity contribution < 1.29 is 0 Å². The Bertz CT molecular complexity index is 758. The molecule has 1 aliphatic rings. The quantitative estimate of drug-likeness (QED) is 0.723. The second-order valence-corrected chi connectivity index (χ2v) is 5.37. The molecule has 7 nitrogen and oxygen atoms in total. The lowest BCUT2D eigenvalue weighted by Gasteiger charge is -2.23. The van der Waals surface area contributed by atoms with Crippen LogP contribution in [0.15, 0.2) is 18.5 Å². The van der Waals surface area contributed by atoms with Crippen molar-refractivity contribution in [3.8, 4) is 0 Å². The smallest absolute Gasteiger partial charge is 0.232 e. The minimum absolute atomic E-state index is 0.204. The highest BCUT2D eigenvalue weighted by molar-refractivity contribution is 5.76. The van der Waals surface area contributed by atoms with Gasteiger partial charge < -0.3 is 15.6 Å². The van der Waals surface area contributed by atoms with Crippen LogP contribution < -0.4 is 10.6 Å². The molecule has 3 aromatic heterocycles. The Balaban J connectivity index is 1.93. The van der Waals surface area contributed by atoms with Crippen LogP contribution in [-0.2, 0) is 0 Å². The first-order chi connectivity index (χ1) is 9.78. The van der Waals surface area contributed by atoms with Crippen molar-refractivity contribution in [2.75, 3.05) is 11.4 Å². The monoisotopic (exact) mass is 271 g/mol. The van der Waals surface area contributed by atoms with Gasteiger partial charge in [-0.25, -0.2) is 4.98 Å². The lowest BCUT2D eigenvalue weighted by Crippen LogP contribution is -2.32. The third kappa shape index (κ3) is 1.53. The summed E-state index contributed by atoms with van der Waals surface area (Å²) in [6, 6.07) is 2.63. The van der Waals surface area contributed by atoms with Gasteiger partial charge in [0.05, 0.1) is 11.7 Å². The number of hydrogen-bond acceptors (Lipinski definition) is 5. The largest absolute Gasteiger partial charge is 0.345 e. The van der Waals surface area contributed by atoms with E-state index in [1.165, 1.54) is 0 Å². The number of aromatic nitrogens is 5. The second-order valence-electron chi connectivity index (χ2n) is 5.37. The zero-order chi connectivity index (χ0) is 13.7. The van der Waals surface area contributed by atoms with Crippen molar-refractivity contribution in [2.24, 2.45) is 5.73 Å². The van der Waals surface area contributed by atoms with E-state index in [4.69, 9.17) is 5.73 Å². The molecule has 0 saturated carbocycles. The molecule has 0 aromatic carbocycles. The van der Waals surface area contributed by atoms with Crippen LogP contribution in [0.2, 0.25) is 0 Å². The lowest BCUT2D eigenvalue weighted by molar-refractivity contribution is 0.617. The Morgan fingerprint density at radius 3 is 3.20 bits per heavy atom. The summed E-state index contributed by atoms with van der Waals surface area (Å²) >= 11 is 0. The van der Waals surface area contributed by atoms with Gasteiger partial charge in [-0.05, 0) is 18.9 Å². The zero-order valence-corrected chi connectivity index (χ0v) is 11.3. The summed E-state index contributed by atoms with van der Waals surface area (Å²) in [4.78, 5) is 9.74. The number of hydrogen-bond donors (Lipinski definition) is 2. The van der Waals surface area contributed by atoms with Gasteiger partial charge in [0.1, 0.15) is 0 Å². The van der Waals surface area contributed by atoms with E-state index in [1.54, 1.807) is 6.20 Å². The maximum atomic E-state index is 6.12. The first kappa shape index (κ1) is 11.7. The van der Waals surface area contributed by atoms with Crippen LogP contribution in [0.5, 0.6) is 0 Å². The van der Waals surface area contributed by atoms with Gasteiger partial charge in [0.2, 0.25) is 5.95 Å². The van der Waals surface area contributed by atoms with Crippen LogP contribution in [0.1, 0.15) is 19.8 Å². The number of anilines is 1. The van der Waals surface area contributed by atoms with E-state index in [2.05, 4.69) is 36.4 Å². The first-order valence-corrected chi connectivity index (χ1v) is 6.97. The molecule has 0 bridgehead atoms. The molecule has 0 spiro atoms. The molecule has 1 fully saturated rings. The highest BCUT2D eigenvalue weighted by Gasteiger charge is 2.32. The maximum Gasteiger partial charge on any atom is 0.232 e. The van der Waals surface area contributed by atoms with Crippen LogP contribution in [0.25, 0.3) is 16.8 Å². The highest BCUT2D eigenvalue weighted by atomic mass is 15.4. The van der Waals surface area contributed by atoms with Crippen molar-refractivity contribution in [3.05, 3.63) is 18.5 Å². The van der Waals surface area contributed by atoms with E-state index in [-0.39, 0.29) is 6.04 Å². The van der Waals surface area contributed by atoms with Crippen LogP contribution >= 0.6 is 0 Å². The molecule has 0 unspecified atom stereocenters. The fourth-order valence-electron chi connectivity index (χ4n) is 3.13. The molecule has 4 heterocycles. The van der Waals surface area contributed by atoms with Gasteiger partial charge in [-0.2, -0.15) is 0 Å². The molecule has 1 aliphatic heterocycles. The molecule has 0 aliphatic carbocycles. The SMILES string of the molecule is CC[C@@H]1C[C@H](N)CN1c1nnc2cnc3[nH]ccc3n12. The normalized spacial score (nSPS) is 23.2.